The number of aliphatic carboxylic acids is 1. The molecule has 3 aromatic rings. The van der Waals surface area contributed by atoms with Crippen LogP contribution in [0, 0.1) is 0 Å². The number of halogens is 4. The first-order chi connectivity index (χ1) is 18.8. The lowest BCUT2D eigenvalue weighted by Crippen LogP contribution is -2.41. The highest BCUT2D eigenvalue weighted by Gasteiger charge is 2.35. The number of hydrogen-bond donors (Lipinski definition) is 5. The Labute approximate surface area is 223 Å². The van der Waals surface area contributed by atoms with Gasteiger partial charge in [0.1, 0.15) is 18.0 Å². The summed E-state index contributed by atoms with van der Waals surface area (Å²) in [5.41, 5.74) is 11.5. The van der Waals surface area contributed by atoms with Crippen LogP contribution < -0.4 is 26.8 Å². The van der Waals surface area contributed by atoms with Crippen LogP contribution in [0.3, 0.4) is 0 Å². The Morgan fingerprint density at radius 3 is 2.58 bits per heavy atom. The average Bonchev–Trinajstić information content (AvgIpc) is 3.27. The van der Waals surface area contributed by atoms with Crippen molar-refractivity contribution in [2.24, 2.45) is 16.5 Å². The number of carbonyl (C=O) groups is 3. The van der Waals surface area contributed by atoms with Gasteiger partial charge in [0, 0.05) is 16.9 Å². The molecule has 16 heteroatoms. The number of amides is 2. The third-order valence-corrected chi connectivity index (χ3v) is 6.04. The first-order valence-corrected chi connectivity index (χ1v) is 11.7. The van der Waals surface area contributed by atoms with Gasteiger partial charge in [0.2, 0.25) is 11.8 Å². The van der Waals surface area contributed by atoms with Gasteiger partial charge in [-0.2, -0.15) is 5.10 Å². The molecule has 212 valence electrons. The Bertz CT molecular complexity index is 1490. The van der Waals surface area contributed by atoms with Crippen LogP contribution in [0.25, 0.3) is 10.9 Å². The molecule has 1 aliphatic rings. The van der Waals surface area contributed by atoms with Crippen molar-refractivity contribution in [3.05, 3.63) is 53.7 Å². The SMILES string of the molecule is NC(=O)c1cc(NC2=NCC(F)CN2)c2cnn(C(C(N)=O)[C@@H](CC(=O)O)c3cccc(OC(F)(F)F)c3)c2c1. The van der Waals surface area contributed by atoms with Crippen LogP contribution in [0.15, 0.2) is 47.6 Å². The van der Waals surface area contributed by atoms with Crippen LogP contribution in [0.1, 0.15) is 34.3 Å². The number of carboxylic acid groups (broad SMARTS) is 1. The van der Waals surface area contributed by atoms with Gasteiger partial charge >= 0.3 is 12.3 Å². The van der Waals surface area contributed by atoms with Crippen molar-refractivity contribution in [3.63, 3.8) is 0 Å². The quantitative estimate of drug-likeness (QED) is 0.244. The summed E-state index contributed by atoms with van der Waals surface area (Å²) in [6.07, 6.45) is -5.62. The summed E-state index contributed by atoms with van der Waals surface area (Å²) in [5.74, 6) is -5.02. The molecular weight excluding hydrogens is 542 g/mol. The first kappa shape index (κ1) is 28.1. The smallest absolute Gasteiger partial charge is 0.481 e. The monoisotopic (exact) mass is 565 g/mol. The Morgan fingerprint density at radius 2 is 1.98 bits per heavy atom. The number of ether oxygens (including phenoxy) is 1. The van der Waals surface area contributed by atoms with E-state index in [1.807, 2.05) is 0 Å². The summed E-state index contributed by atoms with van der Waals surface area (Å²) in [5, 5.41) is 19.8. The molecule has 2 heterocycles. The van der Waals surface area contributed by atoms with E-state index in [-0.39, 0.29) is 41.4 Å². The normalized spacial score (nSPS) is 16.9. The van der Waals surface area contributed by atoms with Gasteiger partial charge in [0.25, 0.3) is 0 Å². The standard InChI is InChI=1S/C24H23F4N7O5/c25-13-8-31-23(32-9-13)34-17-5-12(21(29)38)6-18-16(17)10-33-35(18)20(22(30)39)15(7-19(36)37)11-2-1-3-14(4-11)40-24(26,27)28/h1-6,10,13,15,20H,7-9H2,(H2,29,38)(H2,30,39)(H,36,37)(H2,31,32,34)/t15-,20?/m0/s1. The zero-order valence-electron chi connectivity index (χ0n) is 20.5. The molecule has 7 N–H and O–H groups in total. The Morgan fingerprint density at radius 1 is 1.23 bits per heavy atom. The molecular formula is C24H23F4N7O5. The van der Waals surface area contributed by atoms with Gasteiger partial charge in [0.15, 0.2) is 5.96 Å². The third kappa shape index (κ3) is 6.39. The van der Waals surface area contributed by atoms with Crippen LogP contribution in [0.5, 0.6) is 5.75 Å². The molecule has 1 aromatic heterocycles. The van der Waals surface area contributed by atoms with Gasteiger partial charge in [-0.1, -0.05) is 12.1 Å². The Hall–Kier alpha value is -4.89. The maximum Gasteiger partial charge on any atom is 0.573 e. The summed E-state index contributed by atoms with van der Waals surface area (Å²) in [4.78, 5) is 40.7. The number of alkyl halides is 4. The number of hydrogen-bond acceptors (Lipinski definition) is 8. The van der Waals surface area contributed by atoms with Crippen molar-refractivity contribution >= 4 is 40.3 Å². The van der Waals surface area contributed by atoms with E-state index in [1.54, 1.807) is 0 Å². The largest absolute Gasteiger partial charge is 0.573 e. The molecule has 0 saturated carbocycles. The molecule has 0 spiro atoms. The third-order valence-electron chi connectivity index (χ3n) is 6.04. The lowest BCUT2D eigenvalue weighted by molar-refractivity contribution is -0.274. The van der Waals surface area contributed by atoms with Crippen molar-refractivity contribution in [3.8, 4) is 5.75 Å². The molecule has 2 amide bonds. The van der Waals surface area contributed by atoms with Crippen molar-refractivity contribution in [1.29, 1.82) is 0 Å². The number of aliphatic imine (C=N–C) groups is 1. The van der Waals surface area contributed by atoms with E-state index in [0.29, 0.717) is 5.39 Å². The first-order valence-electron chi connectivity index (χ1n) is 11.7. The van der Waals surface area contributed by atoms with Gasteiger partial charge in [-0.3, -0.25) is 19.1 Å². The number of anilines is 1. The van der Waals surface area contributed by atoms with E-state index in [1.165, 1.54) is 30.5 Å². The van der Waals surface area contributed by atoms with Gasteiger partial charge in [0.05, 0.1) is 36.9 Å². The zero-order chi connectivity index (χ0) is 29.2. The number of carbonyl (C=O) groups excluding carboxylic acids is 2. The maximum absolute atomic E-state index is 13.5. The average molecular weight is 565 g/mol. The number of primary amides is 2. The molecule has 0 aliphatic carbocycles. The molecule has 40 heavy (non-hydrogen) atoms. The predicted octanol–water partition coefficient (Wildman–Crippen LogP) is 2.03. The number of fused-ring (bicyclic) bond motifs is 1. The van der Waals surface area contributed by atoms with E-state index >= 15 is 0 Å². The highest BCUT2D eigenvalue weighted by Crippen LogP contribution is 2.37. The van der Waals surface area contributed by atoms with E-state index in [4.69, 9.17) is 11.5 Å². The number of guanidine groups is 1. The molecule has 1 aliphatic heterocycles. The second kappa shape index (κ2) is 11.1. The summed E-state index contributed by atoms with van der Waals surface area (Å²) < 4.78 is 57.0. The second-order valence-electron chi connectivity index (χ2n) is 8.87. The predicted molar refractivity (Wildman–Crippen MR) is 133 cm³/mol. The number of nitrogens with two attached hydrogens (primary N) is 2. The maximum atomic E-state index is 13.5. The highest BCUT2D eigenvalue weighted by atomic mass is 19.4. The fourth-order valence-electron chi connectivity index (χ4n) is 4.37. The second-order valence-corrected chi connectivity index (χ2v) is 8.87. The number of rotatable bonds is 9. The van der Waals surface area contributed by atoms with Crippen molar-refractivity contribution in [2.75, 3.05) is 18.4 Å². The summed E-state index contributed by atoms with van der Waals surface area (Å²) in [6.45, 7) is -0.119. The minimum Gasteiger partial charge on any atom is -0.481 e. The number of benzene rings is 2. The summed E-state index contributed by atoms with van der Waals surface area (Å²) in [7, 11) is 0. The zero-order valence-corrected chi connectivity index (χ0v) is 20.5. The molecule has 2 aromatic carbocycles. The number of aromatic nitrogens is 2. The van der Waals surface area contributed by atoms with Gasteiger partial charge in [-0.05, 0) is 29.8 Å². The summed E-state index contributed by atoms with van der Waals surface area (Å²) in [6, 6.07) is 5.65. The van der Waals surface area contributed by atoms with E-state index in [9.17, 15) is 37.1 Å². The molecule has 2 unspecified atom stereocenters. The molecule has 0 fully saturated rings. The lowest BCUT2D eigenvalue weighted by Gasteiger charge is -2.26. The van der Waals surface area contributed by atoms with E-state index in [0.717, 1.165) is 16.8 Å². The van der Waals surface area contributed by atoms with Crippen LogP contribution >= 0.6 is 0 Å². The van der Waals surface area contributed by atoms with Crippen molar-refractivity contribution in [2.45, 2.75) is 30.9 Å². The molecule has 0 saturated heterocycles. The van der Waals surface area contributed by atoms with Crippen LogP contribution in [-0.4, -0.2) is 64.3 Å². The van der Waals surface area contributed by atoms with Crippen molar-refractivity contribution in [1.82, 2.24) is 15.1 Å². The number of carboxylic acids is 1. The van der Waals surface area contributed by atoms with Crippen molar-refractivity contribution < 1.29 is 41.8 Å². The molecule has 0 bridgehead atoms. The Balaban J connectivity index is 1.84. The van der Waals surface area contributed by atoms with Gasteiger partial charge < -0.3 is 31.9 Å². The fourth-order valence-corrected chi connectivity index (χ4v) is 4.37. The minimum atomic E-state index is -5.01. The number of nitrogens with one attached hydrogen (secondary N) is 2. The van der Waals surface area contributed by atoms with E-state index in [2.05, 4.69) is 25.5 Å². The summed E-state index contributed by atoms with van der Waals surface area (Å²) >= 11 is 0. The fraction of sp³-hybridized carbons (Fsp3) is 0.292. The lowest BCUT2D eigenvalue weighted by atomic mass is 9.87. The molecule has 0 radical (unpaired) electrons. The van der Waals surface area contributed by atoms with E-state index < -0.39 is 54.4 Å². The molecule has 4 rings (SSSR count). The molecule has 3 atom stereocenters. The minimum absolute atomic E-state index is 0.00235. The van der Waals surface area contributed by atoms with Crippen LogP contribution in [-0.2, 0) is 9.59 Å². The topological polar surface area (TPSA) is 187 Å². The van der Waals surface area contributed by atoms with Crippen LogP contribution in [0.4, 0.5) is 23.2 Å². The van der Waals surface area contributed by atoms with Gasteiger partial charge in [-0.15, -0.1) is 13.2 Å². The highest BCUT2D eigenvalue weighted by molar-refractivity contribution is 6.07. The van der Waals surface area contributed by atoms with Crippen LogP contribution in [0.2, 0.25) is 0 Å². The molecule has 12 nitrogen and oxygen atoms in total. The Kier molecular flexibility index (Phi) is 7.79. The van der Waals surface area contributed by atoms with Gasteiger partial charge in [-0.25, -0.2) is 9.38 Å². The number of nitrogens with zero attached hydrogens (tertiary/aromatic N) is 3.